The van der Waals surface area contributed by atoms with Gasteiger partial charge in [-0.2, -0.15) is 5.26 Å². The molecule has 0 aliphatic carbocycles. The fourth-order valence-electron chi connectivity index (χ4n) is 7.25. The number of amides is 1. The van der Waals surface area contributed by atoms with E-state index < -0.39 is 5.54 Å². The number of hydrogen-bond donors (Lipinski definition) is 1. The van der Waals surface area contributed by atoms with Crippen molar-refractivity contribution in [2.75, 3.05) is 44.3 Å². The van der Waals surface area contributed by atoms with Gasteiger partial charge in [0.25, 0.3) is 0 Å². The topological polar surface area (TPSA) is 84.2 Å². The van der Waals surface area contributed by atoms with Crippen LogP contribution in [0.15, 0.2) is 77.8 Å². The van der Waals surface area contributed by atoms with Crippen molar-refractivity contribution in [3.8, 4) is 11.9 Å². The summed E-state index contributed by atoms with van der Waals surface area (Å²) < 4.78 is 6.07. The third-order valence-corrected chi connectivity index (χ3v) is 10.5. The summed E-state index contributed by atoms with van der Waals surface area (Å²) in [7, 11) is 0. The maximum absolute atomic E-state index is 13.2. The minimum atomic E-state index is -0.493. The molecule has 1 atom stereocenters. The number of anilines is 1. The highest BCUT2D eigenvalue weighted by Gasteiger charge is 2.50. The lowest BCUT2D eigenvalue weighted by atomic mass is 9.76. The van der Waals surface area contributed by atoms with Gasteiger partial charge >= 0.3 is 6.02 Å². The number of aliphatic imine (C=N–C) groups is 1. The predicted molar refractivity (Wildman–Crippen MR) is 179 cm³/mol. The Hall–Kier alpha value is -3.77. The van der Waals surface area contributed by atoms with Gasteiger partial charge in [-0.3, -0.25) is 4.79 Å². The van der Waals surface area contributed by atoms with Gasteiger partial charge in [0.05, 0.1) is 16.7 Å². The Morgan fingerprint density at radius 2 is 1.80 bits per heavy atom. The molecule has 3 heterocycles. The molecule has 0 bridgehead atoms. The smallest absolute Gasteiger partial charge is 0.308 e. The van der Waals surface area contributed by atoms with Gasteiger partial charge < -0.3 is 24.8 Å². The van der Waals surface area contributed by atoms with Gasteiger partial charge in [0, 0.05) is 37.3 Å². The summed E-state index contributed by atoms with van der Waals surface area (Å²) >= 11 is 12.8. The van der Waals surface area contributed by atoms with Crippen LogP contribution in [0.4, 0.5) is 5.69 Å². The Morgan fingerprint density at radius 1 is 1.00 bits per heavy atom. The number of carbonyl (C=O) groups is 1. The van der Waals surface area contributed by atoms with Crippen molar-refractivity contribution in [3.63, 3.8) is 0 Å². The quantitative estimate of drug-likeness (QED) is 0.183. The third kappa shape index (κ3) is 6.48. The first-order valence-electron chi connectivity index (χ1n) is 15.6. The van der Waals surface area contributed by atoms with Crippen molar-refractivity contribution < 1.29 is 9.53 Å². The monoisotopic (exact) mass is 644 g/mol. The van der Waals surface area contributed by atoms with Gasteiger partial charge in [0.1, 0.15) is 11.3 Å². The summed E-state index contributed by atoms with van der Waals surface area (Å²) in [5.74, 6) is 0.777. The first-order chi connectivity index (χ1) is 21.8. The summed E-state index contributed by atoms with van der Waals surface area (Å²) in [6.45, 7) is 6.65. The Balaban J connectivity index is 1.14. The van der Waals surface area contributed by atoms with Crippen molar-refractivity contribution in [1.29, 1.82) is 5.26 Å². The number of amidine groups is 1. The molecule has 8 nitrogen and oxygen atoms in total. The number of para-hydroxylation sites is 1. The van der Waals surface area contributed by atoms with Crippen LogP contribution < -0.4 is 15.0 Å². The van der Waals surface area contributed by atoms with E-state index in [0.717, 1.165) is 63.0 Å². The van der Waals surface area contributed by atoms with E-state index in [1.54, 1.807) is 0 Å². The molecule has 6 rings (SSSR count). The van der Waals surface area contributed by atoms with Gasteiger partial charge in [0.2, 0.25) is 12.1 Å². The van der Waals surface area contributed by atoms with Crippen LogP contribution in [0.1, 0.15) is 43.2 Å². The van der Waals surface area contributed by atoms with E-state index in [4.69, 9.17) is 27.9 Å². The van der Waals surface area contributed by atoms with Crippen LogP contribution in [0, 0.1) is 18.4 Å². The summed E-state index contributed by atoms with van der Waals surface area (Å²) in [5, 5.41) is 13.6. The van der Waals surface area contributed by atoms with Crippen LogP contribution in [0.3, 0.4) is 0 Å². The van der Waals surface area contributed by atoms with E-state index in [1.807, 2.05) is 48.7 Å². The van der Waals surface area contributed by atoms with E-state index in [-0.39, 0.29) is 11.3 Å². The van der Waals surface area contributed by atoms with Gasteiger partial charge in [-0.15, -0.1) is 4.99 Å². The van der Waals surface area contributed by atoms with Crippen LogP contribution in [-0.2, 0) is 10.2 Å². The molecule has 3 aromatic rings. The number of nitriles is 1. The summed E-state index contributed by atoms with van der Waals surface area (Å²) in [4.78, 5) is 24.0. The zero-order chi connectivity index (χ0) is 31.4. The molecule has 1 spiro atoms. The lowest BCUT2D eigenvalue weighted by Gasteiger charge is -2.43. The molecular weight excluding hydrogens is 607 g/mol. The number of halogens is 2. The number of benzene rings is 3. The Bertz CT molecular complexity index is 1600. The standard InChI is InChI=1S/C35H38Cl2N6O2/c1-26-7-5-8-28(21-26)43-25-40-32(44)35(43)15-18-41(19-16-35)17-6-13-34(27-11-12-30(36)31(37)22-27)14-20-42(23-34)33(39-24-38)45-29-9-3-2-4-10-29/h2-5,7-12,21-22H,6,13-20,23,25H2,1H3,(H,40,44). The number of rotatable bonds is 7. The number of likely N-dealkylation sites (tertiary alicyclic amines) is 2. The molecule has 234 valence electrons. The molecule has 3 saturated heterocycles. The molecule has 3 fully saturated rings. The number of ether oxygens (including phenoxy) is 1. The fraction of sp³-hybridized carbons (Fsp3) is 0.400. The fourth-order valence-corrected chi connectivity index (χ4v) is 7.55. The maximum Gasteiger partial charge on any atom is 0.308 e. The van der Waals surface area contributed by atoms with Crippen LogP contribution in [0.2, 0.25) is 10.0 Å². The molecule has 0 radical (unpaired) electrons. The number of nitrogens with zero attached hydrogens (tertiary/aromatic N) is 5. The summed E-state index contributed by atoms with van der Waals surface area (Å²) in [6, 6.07) is 24.1. The second-order valence-corrected chi connectivity index (χ2v) is 13.2. The molecule has 3 aliphatic rings. The van der Waals surface area contributed by atoms with E-state index >= 15 is 0 Å². The van der Waals surface area contributed by atoms with Crippen LogP contribution in [0.25, 0.3) is 0 Å². The summed E-state index contributed by atoms with van der Waals surface area (Å²) in [5.41, 5.74) is 2.72. The molecule has 0 saturated carbocycles. The highest BCUT2D eigenvalue weighted by Crippen LogP contribution is 2.42. The molecule has 1 N–H and O–H groups in total. The van der Waals surface area contributed by atoms with Crippen molar-refractivity contribution in [2.45, 2.75) is 50.0 Å². The largest absolute Gasteiger partial charge is 0.425 e. The molecule has 1 unspecified atom stereocenters. The molecule has 10 heteroatoms. The average Bonchev–Trinajstić information content (AvgIpc) is 3.62. The number of nitrogens with one attached hydrogen (secondary N) is 1. The average molecular weight is 646 g/mol. The molecular formula is C35H38Cl2N6O2. The first-order valence-corrected chi connectivity index (χ1v) is 16.3. The van der Waals surface area contributed by atoms with Crippen LogP contribution in [-0.4, -0.2) is 66.7 Å². The van der Waals surface area contributed by atoms with Crippen molar-refractivity contribution in [3.05, 3.63) is 94.0 Å². The predicted octanol–water partition coefficient (Wildman–Crippen LogP) is 6.37. The normalized spacial score (nSPS) is 21.6. The zero-order valence-electron chi connectivity index (χ0n) is 25.5. The lowest BCUT2D eigenvalue weighted by molar-refractivity contribution is -0.125. The minimum Gasteiger partial charge on any atom is -0.425 e. The third-order valence-electron chi connectivity index (χ3n) is 9.72. The van der Waals surface area contributed by atoms with Gasteiger partial charge in [0.15, 0.2) is 0 Å². The van der Waals surface area contributed by atoms with Crippen LogP contribution in [0.5, 0.6) is 5.75 Å². The Labute approximate surface area is 275 Å². The number of piperidine rings is 1. The highest BCUT2D eigenvalue weighted by atomic mass is 35.5. The second-order valence-electron chi connectivity index (χ2n) is 12.4. The van der Waals surface area contributed by atoms with Crippen molar-refractivity contribution >= 4 is 40.8 Å². The van der Waals surface area contributed by atoms with Crippen LogP contribution >= 0.6 is 23.2 Å². The van der Waals surface area contributed by atoms with Gasteiger partial charge in [-0.05, 0) is 93.1 Å². The minimum absolute atomic E-state index is 0.140. The van der Waals surface area contributed by atoms with E-state index in [1.165, 1.54) is 5.56 Å². The molecule has 0 aromatic heterocycles. The number of hydrogen-bond acceptors (Lipinski definition) is 6. The Morgan fingerprint density at radius 3 is 2.53 bits per heavy atom. The second kappa shape index (κ2) is 13.3. The van der Waals surface area contributed by atoms with Crippen molar-refractivity contribution in [1.82, 2.24) is 15.1 Å². The molecule has 3 aliphatic heterocycles. The van der Waals surface area contributed by atoms with E-state index in [9.17, 15) is 10.1 Å². The zero-order valence-corrected chi connectivity index (χ0v) is 27.0. The molecule has 45 heavy (non-hydrogen) atoms. The highest BCUT2D eigenvalue weighted by molar-refractivity contribution is 6.42. The number of carbonyl (C=O) groups excluding carboxylic acids is 1. The lowest BCUT2D eigenvalue weighted by Crippen LogP contribution is -2.56. The summed E-state index contributed by atoms with van der Waals surface area (Å²) in [6.07, 6.45) is 6.26. The first kappa shape index (κ1) is 31.2. The molecule has 3 aromatic carbocycles. The Kier molecular flexibility index (Phi) is 9.23. The van der Waals surface area contributed by atoms with Gasteiger partial charge in [-0.25, -0.2) is 0 Å². The SMILES string of the molecule is Cc1cccc(N2CNC(=O)C23CCN(CCCC2(c4ccc(Cl)c(Cl)c4)CCN(C(=NC#N)Oc4ccccc4)C2)CC3)c1. The van der Waals surface area contributed by atoms with Gasteiger partial charge in [-0.1, -0.05) is 59.6 Å². The number of aryl methyl sites for hydroxylation is 1. The van der Waals surface area contributed by atoms with E-state index in [0.29, 0.717) is 41.6 Å². The molecule has 1 amide bonds. The van der Waals surface area contributed by atoms with E-state index in [2.05, 4.69) is 62.3 Å². The van der Waals surface area contributed by atoms with Crippen molar-refractivity contribution in [2.24, 2.45) is 4.99 Å². The maximum atomic E-state index is 13.2.